The van der Waals surface area contributed by atoms with Gasteiger partial charge in [-0.25, -0.2) is 0 Å². The zero-order valence-corrected chi connectivity index (χ0v) is 18.7. The molecule has 1 aromatic carbocycles. The monoisotopic (exact) mass is 489 g/mol. The summed E-state index contributed by atoms with van der Waals surface area (Å²) in [6.45, 7) is 4.08. The number of hydrogen-bond acceptors (Lipinski definition) is 4. The smallest absolute Gasteiger partial charge is 0.191 e. The molecule has 0 amide bonds. The second kappa shape index (κ2) is 11.1. The molecule has 27 heavy (non-hydrogen) atoms. The van der Waals surface area contributed by atoms with E-state index in [0.29, 0.717) is 6.10 Å². The molecule has 0 aromatic heterocycles. The first-order valence-electron chi connectivity index (χ1n) is 9.54. The van der Waals surface area contributed by atoms with Gasteiger partial charge in [0.05, 0.1) is 13.2 Å². The molecule has 2 fully saturated rings. The third-order valence-corrected chi connectivity index (χ3v) is 5.49. The summed E-state index contributed by atoms with van der Waals surface area (Å²) >= 11 is 0. The molecule has 0 spiro atoms. The van der Waals surface area contributed by atoms with E-state index in [9.17, 15) is 0 Å². The van der Waals surface area contributed by atoms with E-state index >= 15 is 0 Å². The van der Waals surface area contributed by atoms with Gasteiger partial charge in [-0.3, -0.25) is 4.99 Å². The maximum atomic E-state index is 5.68. The summed E-state index contributed by atoms with van der Waals surface area (Å²) in [5.74, 6) is 1.72. The van der Waals surface area contributed by atoms with Crippen LogP contribution in [0.5, 0.6) is 5.75 Å². The van der Waals surface area contributed by atoms with E-state index in [0.717, 1.165) is 70.3 Å². The number of methoxy groups -OCH3 is 1. The molecule has 1 aromatic rings. The Bertz CT molecular complexity index is 583. The molecular weight excluding hydrogens is 457 g/mol. The lowest BCUT2D eigenvalue weighted by atomic mass is 9.74. The van der Waals surface area contributed by atoms with Gasteiger partial charge in [0.2, 0.25) is 0 Å². The van der Waals surface area contributed by atoms with Crippen LogP contribution >= 0.6 is 24.0 Å². The van der Waals surface area contributed by atoms with Gasteiger partial charge in [0.15, 0.2) is 5.96 Å². The van der Waals surface area contributed by atoms with E-state index in [4.69, 9.17) is 14.2 Å². The molecule has 2 N–H and O–H groups in total. The van der Waals surface area contributed by atoms with Gasteiger partial charge in [0.1, 0.15) is 5.75 Å². The Kier molecular flexibility index (Phi) is 9.11. The molecule has 1 unspecified atom stereocenters. The number of halogens is 1. The zero-order chi connectivity index (χ0) is 18.2. The van der Waals surface area contributed by atoms with Gasteiger partial charge in [-0.05, 0) is 43.4 Å². The Labute approximate surface area is 179 Å². The minimum atomic E-state index is 0. The van der Waals surface area contributed by atoms with Gasteiger partial charge < -0.3 is 24.8 Å². The fraction of sp³-hybridized carbons (Fsp3) is 0.650. The van der Waals surface area contributed by atoms with Crippen LogP contribution in [0, 0.1) is 0 Å². The first-order chi connectivity index (χ1) is 12.8. The van der Waals surface area contributed by atoms with E-state index in [1.165, 1.54) is 5.56 Å². The lowest BCUT2D eigenvalue weighted by Crippen LogP contribution is -2.49. The van der Waals surface area contributed by atoms with E-state index < -0.39 is 0 Å². The van der Waals surface area contributed by atoms with Crippen molar-refractivity contribution in [1.82, 2.24) is 10.6 Å². The number of hydrogen-bond donors (Lipinski definition) is 2. The Morgan fingerprint density at radius 2 is 1.93 bits per heavy atom. The minimum Gasteiger partial charge on any atom is -0.497 e. The van der Waals surface area contributed by atoms with E-state index in [-0.39, 0.29) is 29.4 Å². The van der Waals surface area contributed by atoms with E-state index in [1.807, 2.05) is 19.2 Å². The Hall–Kier alpha value is -1.06. The molecule has 3 rings (SSSR count). The largest absolute Gasteiger partial charge is 0.497 e. The highest BCUT2D eigenvalue weighted by Crippen LogP contribution is 2.35. The van der Waals surface area contributed by atoms with Crippen molar-refractivity contribution in [1.29, 1.82) is 0 Å². The number of nitrogens with one attached hydrogen (secondary N) is 2. The summed E-state index contributed by atoms with van der Waals surface area (Å²) in [4.78, 5) is 4.37. The lowest BCUT2D eigenvalue weighted by molar-refractivity contribution is 0.0513. The van der Waals surface area contributed by atoms with Crippen molar-refractivity contribution in [3.63, 3.8) is 0 Å². The van der Waals surface area contributed by atoms with Gasteiger partial charge >= 0.3 is 0 Å². The highest BCUT2D eigenvalue weighted by atomic mass is 127. The first kappa shape index (κ1) is 22.2. The van der Waals surface area contributed by atoms with Crippen LogP contribution < -0.4 is 15.4 Å². The van der Waals surface area contributed by atoms with Crippen molar-refractivity contribution in [2.45, 2.75) is 37.2 Å². The van der Waals surface area contributed by atoms with E-state index in [1.54, 1.807) is 7.11 Å². The summed E-state index contributed by atoms with van der Waals surface area (Å²) in [5, 5.41) is 6.93. The number of ether oxygens (including phenoxy) is 3. The molecule has 0 radical (unpaired) electrons. The fourth-order valence-corrected chi connectivity index (χ4v) is 3.76. The van der Waals surface area contributed by atoms with Crippen LogP contribution in [0.1, 0.15) is 31.2 Å². The van der Waals surface area contributed by atoms with Crippen molar-refractivity contribution < 1.29 is 14.2 Å². The average Bonchev–Trinajstić information content (AvgIpc) is 3.22. The van der Waals surface area contributed by atoms with Crippen LogP contribution in [0.4, 0.5) is 0 Å². The third kappa shape index (κ3) is 5.96. The summed E-state index contributed by atoms with van der Waals surface area (Å²) < 4.78 is 16.6. The summed E-state index contributed by atoms with van der Waals surface area (Å²) in [7, 11) is 3.51. The molecule has 6 nitrogen and oxygen atoms in total. The molecule has 2 heterocycles. The second-order valence-electron chi connectivity index (χ2n) is 7.06. The summed E-state index contributed by atoms with van der Waals surface area (Å²) in [6.07, 6.45) is 4.56. The molecular formula is C20H32IN3O3. The summed E-state index contributed by atoms with van der Waals surface area (Å²) in [5.41, 5.74) is 1.37. The number of aliphatic imine (C=N–C) groups is 1. The van der Waals surface area contributed by atoms with Gasteiger partial charge in [-0.2, -0.15) is 0 Å². The molecule has 0 bridgehead atoms. The fourth-order valence-electron chi connectivity index (χ4n) is 3.76. The third-order valence-electron chi connectivity index (χ3n) is 5.49. The lowest BCUT2D eigenvalue weighted by Gasteiger charge is -2.38. The minimum absolute atomic E-state index is 0. The van der Waals surface area contributed by atoms with Crippen molar-refractivity contribution in [2.75, 3.05) is 47.1 Å². The average molecular weight is 489 g/mol. The molecule has 2 aliphatic heterocycles. The van der Waals surface area contributed by atoms with Crippen LogP contribution in [0.25, 0.3) is 0 Å². The Morgan fingerprint density at radius 3 is 2.52 bits per heavy atom. The second-order valence-corrected chi connectivity index (χ2v) is 7.06. The van der Waals surface area contributed by atoms with Crippen molar-refractivity contribution in [2.24, 2.45) is 4.99 Å². The van der Waals surface area contributed by atoms with Gasteiger partial charge in [-0.15, -0.1) is 24.0 Å². The van der Waals surface area contributed by atoms with E-state index in [2.05, 4.69) is 27.8 Å². The molecule has 7 heteroatoms. The first-order valence-corrected chi connectivity index (χ1v) is 9.54. The van der Waals surface area contributed by atoms with Gasteiger partial charge in [0, 0.05) is 45.4 Å². The number of guanidine groups is 1. The quantitative estimate of drug-likeness (QED) is 0.366. The SMILES string of the molecule is CN=C(NCC1CCCO1)NCC1(c2ccc(OC)cc2)CCOCC1.I. The van der Waals surface area contributed by atoms with Crippen molar-refractivity contribution >= 4 is 29.9 Å². The summed E-state index contributed by atoms with van der Waals surface area (Å²) in [6, 6.07) is 8.43. The molecule has 0 aliphatic carbocycles. The number of benzene rings is 1. The maximum absolute atomic E-state index is 5.68. The highest BCUT2D eigenvalue weighted by molar-refractivity contribution is 14.0. The van der Waals surface area contributed by atoms with Crippen molar-refractivity contribution in [3.05, 3.63) is 29.8 Å². The topological polar surface area (TPSA) is 64.1 Å². The Morgan fingerprint density at radius 1 is 1.19 bits per heavy atom. The molecule has 2 aliphatic rings. The molecule has 0 saturated carbocycles. The normalized spacial score (nSPS) is 22.0. The number of nitrogens with zero attached hydrogens (tertiary/aromatic N) is 1. The number of rotatable bonds is 6. The molecule has 1 atom stereocenters. The van der Waals surface area contributed by atoms with Crippen LogP contribution in [0.2, 0.25) is 0 Å². The van der Waals surface area contributed by atoms with Gasteiger partial charge in [0.25, 0.3) is 0 Å². The molecule has 2 saturated heterocycles. The Balaban J connectivity index is 0.00000261. The van der Waals surface area contributed by atoms with Gasteiger partial charge in [-0.1, -0.05) is 12.1 Å². The van der Waals surface area contributed by atoms with Crippen LogP contribution in [-0.4, -0.2) is 59.1 Å². The molecule has 152 valence electrons. The van der Waals surface area contributed by atoms with Crippen LogP contribution in [0.15, 0.2) is 29.3 Å². The predicted molar refractivity (Wildman–Crippen MR) is 118 cm³/mol. The maximum Gasteiger partial charge on any atom is 0.191 e. The highest BCUT2D eigenvalue weighted by Gasteiger charge is 2.34. The predicted octanol–water partition coefficient (Wildman–Crippen LogP) is 2.71. The van der Waals surface area contributed by atoms with Crippen molar-refractivity contribution in [3.8, 4) is 5.75 Å². The van der Waals surface area contributed by atoms with Crippen LogP contribution in [0.3, 0.4) is 0 Å². The zero-order valence-electron chi connectivity index (χ0n) is 16.3. The van der Waals surface area contributed by atoms with Crippen LogP contribution in [-0.2, 0) is 14.9 Å². The standard InChI is InChI=1S/C20H31N3O3.HI/c1-21-19(22-14-18-4-3-11-26-18)23-15-20(9-12-25-13-10-20)16-5-7-17(24-2)8-6-16;/h5-8,18H,3-4,9-15H2,1-2H3,(H2,21,22,23);1H.